The molecule has 7 nitrogen and oxygen atoms in total. The Hall–Kier alpha value is -2.15. The molecule has 1 aliphatic heterocycles. The maximum atomic E-state index is 12.1. The van der Waals surface area contributed by atoms with Gasteiger partial charge in [-0.15, -0.1) is 0 Å². The summed E-state index contributed by atoms with van der Waals surface area (Å²) < 4.78 is 7.16. The van der Waals surface area contributed by atoms with E-state index in [2.05, 4.69) is 15.3 Å². The highest BCUT2D eigenvalue weighted by Gasteiger charge is 2.33. The van der Waals surface area contributed by atoms with E-state index in [0.717, 1.165) is 12.2 Å². The number of aromatic amines is 1. The second-order valence-corrected chi connectivity index (χ2v) is 5.20. The normalized spacial score (nSPS) is 19.0. The first-order valence-corrected chi connectivity index (χ1v) is 5.58. The molecule has 0 spiro atoms. The second kappa shape index (κ2) is 4.85. The summed E-state index contributed by atoms with van der Waals surface area (Å²) in [6.07, 6.45) is 1.50. The van der Waals surface area contributed by atoms with Gasteiger partial charge in [0, 0.05) is 5.41 Å². The molecule has 0 aromatic carbocycles. The number of carbonyl (C=O) groups is 2. The van der Waals surface area contributed by atoms with E-state index in [1.165, 1.54) is 11.2 Å². The van der Waals surface area contributed by atoms with Crippen LogP contribution in [0.1, 0.15) is 27.8 Å². The zero-order valence-corrected chi connectivity index (χ0v) is 11.1. The van der Waals surface area contributed by atoms with Crippen molar-refractivity contribution in [2.24, 2.45) is 0 Å². The van der Waals surface area contributed by atoms with E-state index in [4.69, 9.17) is 1.37 Å². The maximum absolute atomic E-state index is 12.1. The quantitative estimate of drug-likeness (QED) is 0.691. The third kappa shape index (κ3) is 2.65. The van der Waals surface area contributed by atoms with Crippen LogP contribution in [0.3, 0.4) is 0 Å². The zero-order chi connectivity index (χ0) is 14.2. The summed E-state index contributed by atoms with van der Waals surface area (Å²) >= 11 is 0. The molecule has 1 aromatic heterocycles. The number of H-pyrrole nitrogens is 1. The molecule has 2 rings (SSSR count). The predicted molar refractivity (Wildman–Crippen MR) is 70.5 cm³/mol. The molecule has 7 heteroatoms. The van der Waals surface area contributed by atoms with Crippen molar-refractivity contribution in [3.63, 3.8) is 0 Å². The smallest absolute Gasteiger partial charge is 0.275 e. The topological polar surface area (TPSA) is 110 Å². The molecule has 19 heavy (non-hydrogen) atoms. The van der Waals surface area contributed by atoms with Gasteiger partial charge in [0.15, 0.2) is 5.82 Å². The number of nitrogens with zero attached hydrogens (tertiary/aromatic N) is 2. The largest absolute Gasteiger partial charge is 0.412 e. The molecule has 2 heterocycles. The van der Waals surface area contributed by atoms with E-state index in [0.29, 0.717) is 5.82 Å². The average Bonchev–Trinajstić information content (AvgIpc) is 2.80. The highest BCUT2D eigenvalue weighted by Crippen LogP contribution is 2.29. The van der Waals surface area contributed by atoms with E-state index in [-0.39, 0.29) is 29.0 Å². The minimum Gasteiger partial charge on any atom is -0.412 e. The van der Waals surface area contributed by atoms with E-state index in [1.54, 1.807) is 0 Å². The monoisotopic (exact) mass is 267 g/mol. The van der Waals surface area contributed by atoms with Crippen molar-refractivity contribution >= 4 is 17.6 Å². The number of amides is 2. The summed E-state index contributed by atoms with van der Waals surface area (Å²) in [6, 6.07) is 0. The summed E-state index contributed by atoms with van der Waals surface area (Å²) in [6.45, 7) is 6.71. The number of imidazole rings is 1. The van der Waals surface area contributed by atoms with Gasteiger partial charge in [0.05, 0.1) is 19.1 Å². The SMILES string of the molecule is O.[2H]/C=C1/NC(=O)CN(c2nc[nH]c2C(C)(C)C)C1=O. The van der Waals surface area contributed by atoms with Gasteiger partial charge in [0.25, 0.3) is 5.91 Å². The van der Waals surface area contributed by atoms with Crippen molar-refractivity contribution in [1.29, 1.82) is 0 Å². The summed E-state index contributed by atoms with van der Waals surface area (Å²) in [5, 5.41) is 2.37. The van der Waals surface area contributed by atoms with Gasteiger partial charge in [0.1, 0.15) is 6.54 Å². The van der Waals surface area contributed by atoms with Gasteiger partial charge < -0.3 is 15.8 Å². The first kappa shape index (κ1) is 13.3. The summed E-state index contributed by atoms with van der Waals surface area (Å²) in [7, 11) is 0. The first-order chi connectivity index (χ1) is 8.84. The lowest BCUT2D eigenvalue weighted by Gasteiger charge is -2.29. The summed E-state index contributed by atoms with van der Waals surface area (Å²) in [5.74, 6) is -0.320. The van der Waals surface area contributed by atoms with Crippen LogP contribution in [0.5, 0.6) is 0 Å². The molecule has 1 aromatic rings. The highest BCUT2D eigenvalue weighted by molar-refractivity contribution is 6.12. The van der Waals surface area contributed by atoms with E-state index >= 15 is 0 Å². The van der Waals surface area contributed by atoms with Crippen LogP contribution < -0.4 is 10.2 Å². The molecule has 1 aliphatic rings. The summed E-state index contributed by atoms with van der Waals surface area (Å²) in [5.41, 5.74) is 0.504. The number of carbonyl (C=O) groups excluding carboxylic acids is 2. The lowest BCUT2D eigenvalue weighted by molar-refractivity contribution is -0.125. The van der Waals surface area contributed by atoms with Crippen LogP contribution in [0.15, 0.2) is 18.6 Å². The first-order valence-electron chi connectivity index (χ1n) is 6.16. The van der Waals surface area contributed by atoms with Gasteiger partial charge in [-0.2, -0.15) is 0 Å². The third-order valence-corrected chi connectivity index (χ3v) is 2.68. The van der Waals surface area contributed by atoms with Crippen molar-refractivity contribution in [3.05, 3.63) is 24.3 Å². The van der Waals surface area contributed by atoms with Gasteiger partial charge in [-0.1, -0.05) is 27.3 Å². The Morgan fingerprint density at radius 2 is 2.16 bits per heavy atom. The predicted octanol–water partition coefficient (Wildman–Crippen LogP) is -0.141. The number of hydrogen-bond donors (Lipinski definition) is 2. The highest BCUT2D eigenvalue weighted by atomic mass is 16.2. The van der Waals surface area contributed by atoms with Gasteiger partial charge >= 0.3 is 0 Å². The van der Waals surface area contributed by atoms with Crippen LogP contribution in [0.25, 0.3) is 0 Å². The van der Waals surface area contributed by atoms with Crippen molar-refractivity contribution < 1.29 is 16.4 Å². The van der Waals surface area contributed by atoms with Crippen LogP contribution in [0.4, 0.5) is 5.82 Å². The Morgan fingerprint density at radius 3 is 2.74 bits per heavy atom. The summed E-state index contributed by atoms with van der Waals surface area (Å²) in [4.78, 5) is 32.2. The number of piperazine rings is 1. The standard InChI is InChI=1S/C12H16N4O2.H2O/c1-7-11(18)16(5-8(17)15-7)10-9(12(2,3)4)13-6-14-10;/h6H,1,5H2,2-4H3,(H,13,14)(H,15,17);1H2/i1D;/b7-1+;. The van der Waals surface area contributed by atoms with E-state index in [1.807, 2.05) is 20.8 Å². The van der Waals surface area contributed by atoms with Crippen LogP contribution in [0.2, 0.25) is 0 Å². The lowest BCUT2D eigenvalue weighted by atomic mass is 9.92. The fourth-order valence-electron chi connectivity index (χ4n) is 1.82. The molecular formula is C12H18N4O3. The number of anilines is 1. The molecule has 0 radical (unpaired) electrons. The Labute approximate surface area is 112 Å². The molecule has 1 fully saturated rings. The molecule has 0 atom stereocenters. The van der Waals surface area contributed by atoms with Gasteiger partial charge in [-0.25, -0.2) is 4.98 Å². The molecule has 0 aliphatic carbocycles. The Kier molecular flexibility index (Phi) is 3.39. The van der Waals surface area contributed by atoms with Crippen molar-refractivity contribution in [3.8, 4) is 0 Å². The second-order valence-electron chi connectivity index (χ2n) is 5.20. The Balaban J connectivity index is 0.00000200. The van der Waals surface area contributed by atoms with Crippen molar-refractivity contribution in [2.75, 3.05) is 11.4 Å². The van der Waals surface area contributed by atoms with E-state index in [9.17, 15) is 9.59 Å². The molecule has 2 amide bonds. The number of aromatic nitrogens is 2. The minimum absolute atomic E-state index is 0. The number of nitrogens with one attached hydrogen (secondary N) is 2. The van der Waals surface area contributed by atoms with Gasteiger partial charge in [0.2, 0.25) is 5.91 Å². The fourth-order valence-corrected chi connectivity index (χ4v) is 1.82. The van der Waals surface area contributed by atoms with Crippen LogP contribution in [0, 0.1) is 0 Å². The number of hydrogen-bond acceptors (Lipinski definition) is 3. The van der Waals surface area contributed by atoms with Crippen molar-refractivity contribution in [1.82, 2.24) is 15.3 Å². The molecule has 1 saturated heterocycles. The van der Waals surface area contributed by atoms with Crippen LogP contribution >= 0.6 is 0 Å². The molecule has 0 unspecified atom stereocenters. The molecule has 0 bridgehead atoms. The number of rotatable bonds is 1. The molecule has 4 N–H and O–H groups in total. The van der Waals surface area contributed by atoms with Crippen molar-refractivity contribution in [2.45, 2.75) is 26.2 Å². The van der Waals surface area contributed by atoms with Gasteiger partial charge in [-0.3, -0.25) is 14.5 Å². The molecule has 0 saturated carbocycles. The van der Waals surface area contributed by atoms with Crippen LogP contribution in [-0.2, 0) is 15.0 Å². The van der Waals surface area contributed by atoms with Gasteiger partial charge in [-0.05, 0) is 0 Å². The van der Waals surface area contributed by atoms with Crippen LogP contribution in [-0.4, -0.2) is 33.8 Å². The lowest BCUT2D eigenvalue weighted by Crippen LogP contribution is -2.50. The maximum Gasteiger partial charge on any atom is 0.275 e. The minimum atomic E-state index is -0.424. The zero-order valence-electron chi connectivity index (χ0n) is 12.1. The fraction of sp³-hybridized carbons (Fsp3) is 0.417. The third-order valence-electron chi connectivity index (χ3n) is 2.68. The molecule has 104 valence electrons. The Morgan fingerprint density at radius 1 is 1.47 bits per heavy atom. The molecular weight excluding hydrogens is 248 g/mol. The Bertz CT molecular complexity index is 559. The van der Waals surface area contributed by atoms with E-state index < -0.39 is 5.91 Å². The average molecular weight is 267 g/mol.